The van der Waals surface area contributed by atoms with Gasteiger partial charge >= 0.3 is 0 Å². The summed E-state index contributed by atoms with van der Waals surface area (Å²) in [5.74, 6) is 1.29. The first-order valence-electron chi connectivity index (χ1n) is 6.51. The number of morpholine rings is 1. The molecule has 1 aromatic carbocycles. The fourth-order valence-corrected chi connectivity index (χ4v) is 2.38. The monoisotopic (exact) mass is 267 g/mol. The molecule has 3 rings (SSSR count). The maximum Gasteiger partial charge on any atom is 0.231 e. The number of rotatable bonds is 2. The van der Waals surface area contributed by atoms with Crippen LogP contribution in [0.1, 0.15) is 31.1 Å². The van der Waals surface area contributed by atoms with Crippen molar-refractivity contribution in [3.8, 4) is 11.5 Å². The molecule has 104 valence electrons. The summed E-state index contributed by atoms with van der Waals surface area (Å²) in [6.45, 7) is 5.43. The van der Waals surface area contributed by atoms with Crippen molar-refractivity contribution >= 4 is 0 Å². The van der Waals surface area contributed by atoms with E-state index < -0.39 is 5.67 Å². The Hall–Kier alpha value is -1.33. The van der Waals surface area contributed by atoms with E-state index in [-0.39, 0.29) is 12.9 Å². The van der Waals surface area contributed by atoms with Crippen LogP contribution < -0.4 is 14.8 Å². The van der Waals surface area contributed by atoms with E-state index in [4.69, 9.17) is 14.2 Å². The van der Waals surface area contributed by atoms with Crippen LogP contribution in [0.25, 0.3) is 0 Å². The second kappa shape index (κ2) is 4.65. The zero-order chi connectivity index (χ0) is 13.5. The van der Waals surface area contributed by atoms with Crippen molar-refractivity contribution in [1.82, 2.24) is 5.32 Å². The van der Waals surface area contributed by atoms with Gasteiger partial charge in [-0.25, -0.2) is 4.39 Å². The standard InChI is InChI=1S/C14H18FNO3/c1-14(2,15)9-5-10(12-7-16-3-4-17-12)13-11(6-9)18-8-19-13/h5-6,12,16H,3-4,7-8H2,1-2H3. The Bertz CT molecular complexity index is 478. The minimum Gasteiger partial charge on any atom is -0.454 e. The van der Waals surface area contributed by atoms with E-state index >= 15 is 0 Å². The maximum absolute atomic E-state index is 14.2. The van der Waals surface area contributed by atoms with Crippen LogP contribution in [0, 0.1) is 0 Å². The largest absolute Gasteiger partial charge is 0.454 e. The summed E-state index contributed by atoms with van der Waals surface area (Å²) in [6.07, 6.45) is -0.119. The highest BCUT2D eigenvalue weighted by atomic mass is 19.1. The van der Waals surface area contributed by atoms with Gasteiger partial charge in [0.2, 0.25) is 6.79 Å². The average molecular weight is 267 g/mol. The molecule has 2 aliphatic rings. The molecule has 1 aromatic rings. The topological polar surface area (TPSA) is 39.7 Å². The Morgan fingerprint density at radius 3 is 2.84 bits per heavy atom. The van der Waals surface area contributed by atoms with Gasteiger partial charge in [0, 0.05) is 18.7 Å². The van der Waals surface area contributed by atoms with Crippen LogP contribution in [0.5, 0.6) is 11.5 Å². The van der Waals surface area contributed by atoms with E-state index in [2.05, 4.69) is 5.32 Å². The Balaban J connectivity index is 2.04. The Labute approximate surface area is 111 Å². The molecule has 1 N–H and O–H groups in total. The smallest absolute Gasteiger partial charge is 0.231 e. The van der Waals surface area contributed by atoms with Gasteiger partial charge in [-0.1, -0.05) is 0 Å². The molecule has 0 bridgehead atoms. The molecule has 19 heavy (non-hydrogen) atoms. The van der Waals surface area contributed by atoms with Gasteiger partial charge in [-0.05, 0) is 31.5 Å². The van der Waals surface area contributed by atoms with E-state index in [1.165, 1.54) is 13.8 Å². The van der Waals surface area contributed by atoms with Gasteiger partial charge in [0.15, 0.2) is 11.5 Å². The van der Waals surface area contributed by atoms with Gasteiger partial charge in [0.1, 0.15) is 5.67 Å². The molecule has 1 atom stereocenters. The van der Waals surface area contributed by atoms with Crippen LogP contribution in [0.15, 0.2) is 12.1 Å². The molecule has 1 fully saturated rings. The zero-order valence-electron chi connectivity index (χ0n) is 11.2. The maximum atomic E-state index is 14.2. The number of alkyl halides is 1. The number of nitrogens with one attached hydrogen (secondary N) is 1. The summed E-state index contributed by atoms with van der Waals surface area (Å²) >= 11 is 0. The van der Waals surface area contributed by atoms with Gasteiger partial charge in [0.05, 0.1) is 12.7 Å². The molecule has 1 unspecified atom stereocenters. The van der Waals surface area contributed by atoms with E-state index in [0.717, 1.165) is 12.1 Å². The van der Waals surface area contributed by atoms with Crippen molar-refractivity contribution in [1.29, 1.82) is 0 Å². The van der Waals surface area contributed by atoms with Crippen molar-refractivity contribution < 1.29 is 18.6 Å². The quantitative estimate of drug-likeness (QED) is 0.892. The normalized spacial score (nSPS) is 22.6. The van der Waals surface area contributed by atoms with E-state index in [0.29, 0.717) is 30.2 Å². The molecule has 0 amide bonds. The molecule has 0 spiro atoms. The second-order valence-corrected chi connectivity index (χ2v) is 5.34. The van der Waals surface area contributed by atoms with Crippen molar-refractivity contribution in [2.75, 3.05) is 26.5 Å². The van der Waals surface area contributed by atoms with E-state index in [1.807, 2.05) is 6.07 Å². The number of hydrogen-bond donors (Lipinski definition) is 1. The van der Waals surface area contributed by atoms with E-state index in [9.17, 15) is 4.39 Å². The molecular formula is C14H18FNO3. The highest BCUT2D eigenvalue weighted by molar-refractivity contribution is 5.53. The minimum atomic E-state index is -1.42. The number of benzene rings is 1. The van der Waals surface area contributed by atoms with Crippen LogP contribution in [-0.4, -0.2) is 26.5 Å². The first-order valence-corrected chi connectivity index (χ1v) is 6.51. The molecule has 4 nitrogen and oxygen atoms in total. The Morgan fingerprint density at radius 2 is 2.16 bits per heavy atom. The lowest BCUT2D eigenvalue weighted by atomic mass is 9.94. The van der Waals surface area contributed by atoms with Gasteiger partial charge in [-0.2, -0.15) is 0 Å². The summed E-state index contributed by atoms with van der Waals surface area (Å²) in [6, 6.07) is 3.53. The van der Waals surface area contributed by atoms with Crippen molar-refractivity contribution in [3.63, 3.8) is 0 Å². The molecular weight excluding hydrogens is 249 g/mol. The highest BCUT2D eigenvalue weighted by Crippen LogP contribution is 2.43. The summed E-state index contributed by atoms with van der Waals surface area (Å²) in [5, 5.41) is 3.27. The van der Waals surface area contributed by atoms with Crippen LogP contribution in [0.2, 0.25) is 0 Å². The number of hydrogen-bond acceptors (Lipinski definition) is 4. The Kier molecular flexibility index (Phi) is 3.11. The molecule has 0 radical (unpaired) electrons. The third-order valence-electron chi connectivity index (χ3n) is 3.46. The summed E-state index contributed by atoms with van der Waals surface area (Å²) in [5.41, 5.74) is 0.0292. The van der Waals surface area contributed by atoms with Crippen LogP contribution in [0.3, 0.4) is 0 Å². The molecule has 2 aliphatic heterocycles. The molecule has 2 heterocycles. The van der Waals surface area contributed by atoms with Crippen molar-refractivity contribution in [2.45, 2.75) is 25.6 Å². The average Bonchev–Trinajstić information content (AvgIpc) is 2.85. The van der Waals surface area contributed by atoms with Gasteiger partial charge < -0.3 is 19.5 Å². The summed E-state index contributed by atoms with van der Waals surface area (Å²) in [7, 11) is 0. The Morgan fingerprint density at radius 1 is 1.32 bits per heavy atom. The molecule has 1 saturated heterocycles. The lowest BCUT2D eigenvalue weighted by Crippen LogP contribution is -2.33. The van der Waals surface area contributed by atoms with Gasteiger partial charge in [-0.3, -0.25) is 0 Å². The van der Waals surface area contributed by atoms with Crippen molar-refractivity contribution in [2.24, 2.45) is 0 Å². The molecule has 5 heteroatoms. The van der Waals surface area contributed by atoms with Crippen LogP contribution >= 0.6 is 0 Å². The third-order valence-corrected chi connectivity index (χ3v) is 3.46. The number of ether oxygens (including phenoxy) is 3. The lowest BCUT2D eigenvalue weighted by Gasteiger charge is -2.26. The fraction of sp³-hybridized carbons (Fsp3) is 0.571. The third kappa shape index (κ3) is 2.40. The summed E-state index contributed by atoms with van der Waals surface area (Å²) < 4.78 is 30.8. The first kappa shape index (κ1) is 12.7. The van der Waals surface area contributed by atoms with Gasteiger partial charge in [0.25, 0.3) is 0 Å². The second-order valence-electron chi connectivity index (χ2n) is 5.34. The predicted octanol–water partition coefficient (Wildman–Crippen LogP) is 2.28. The molecule has 0 saturated carbocycles. The highest BCUT2D eigenvalue weighted by Gasteiger charge is 2.30. The minimum absolute atomic E-state index is 0.119. The summed E-state index contributed by atoms with van der Waals surface area (Å²) in [4.78, 5) is 0. The van der Waals surface area contributed by atoms with Crippen molar-refractivity contribution in [3.05, 3.63) is 23.3 Å². The van der Waals surface area contributed by atoms with Gasteiger partial charge in [-0.15, -0.1) is 0 Å². The van der Waals surface area contributed by atoms with Crippen LogP contribution in [0.4, 0.5) is 4.39 Å². The zero-order valence-corrected chi connectivity index (χ0v) is 11.2. The molecule has 0 aromatic heterocycles. The predicted molar refractivity (Wildman–Crippen MR) is 68.3 cm³/mol. The fourth-order valence-electron chi connectivity index (χ4n) is 2.38. The SMILES string of the molecule is CC(C)(F)c1cc2c(c(C3CNCCO3)c1)OCO2. The number of fused-ring (bicyclic) bond motifs is 1. The van der Waals surface area contributed by atoms with E-state index in [1.54, 1.807) is 6.07 Å². The van der Waals surface area contributed by atoms with Crippen LogP contribution in [-0.2, 0) is 10.4 Å². The number of halogens is 1. The first-order chi connectivity index (χ1) is 9.05. The molecule has 0 aliphatic carbocycles. The lowest BCUT2D eigenvalue weighted by molar-refractivity contribution is 0.0258.